The molecule has 0 saturated carbocycles. The minimum atomic E-state index is -2.08. The third-order valence-electron chi connectivity index (χ3n) is 11.2. The summed E-state index contributed by atoms with van der Waals surface area (Å²) in [5.74, 6) is -0.369. The van der Waals surface area contributed by atoms with E-state index in [0.717, 1.165) is 44.9 Å². The van der Waals surface area contributed by atoms with Crippen molar-refractivity contribution < 1.29 is 33.0 Å². The van der Waals surface area contributed by atoms with Gasteiger partial charge in [0.05, 0.1) is 25.7 Å². The van der Waals surface area contributed by atoms with Gasteiger partial charge in [-0.1, -0.05) is 162 Å². The van der Waals surface area contributed by atoms with Gasteiger partial charge in [0.25, 0.3) is 0 Å². The first-order valence-electron chi connectivity index (χ1n) is 24.0. The standard InChI is InChI=1S/C49H94O7Si/c1-9-12-15-18-21-22-23-24-25-26-27-28-29-30-33-36-46(50)52-43-39-45(56-57(7,8)49(4,5)6)40-44-53-47(51)37-38-48(54-41-34-31-19-16-13-10-2)55-42-35-32-20-17-14-11-3/h21-22,24-25,45,48H,9-20,23,26-44H2,1-8H3/b22-21-,25-24-. The molecule has 0 aromatic heterocycles. The molecule has 0 spiro atoms. The highest BCUT2D eigenvalue weighted by molar-refractivity contribution is 6.74. The summed E-state index contributed by atoms with van der Waals surface area (Å²) < 4.78 is 30.4. The molecule has 7 nitrogen and oxygen atoms in total. The Morgan fingerprint density at radius 3 is 1.44 bits per heavy atom. The van der Waals surface area contributed by atoms with Crippen LogP contribution < -0.4 is 0 Å². The van der Waals surface area contributed by atoms with Crippen LogP contribution in [0.25, 0.3) is 0 Å². The van der Waals surface area contributed by atoms with E-state index < -0.39 is 8.32 Å². The minimum Gasteiger partial charge on any atom is -0.466 e. The van der Waals surface area contributed by atoms with Crippen molar-refractivity contribution in [1.82, 2.24) is 0 Å². The lowest BCUT2D eigenvalue weighted by atomic mass is 10.1. The van der Waals surface area contributed by atoms with Crippen LogP contribution in [0.5, 0.6) is 0 Å². The van der Waals surface area contributed by atoms with Gasteiger partial charge in [0, 0.05) is 38.9 Å². The van der Waals surface area contributed by atoms with Crippen LogP contribution in [0, 0.1) is 0 Å². The number of carbonyl (C=O) groups is 2. The summed E-state index contributed by atoms with van der Waals surface area (Å²) >= 11 is 0. The summed E-state index contributed by atoms with van der Waals surface area (Å²) in [6.07, 6.45) is 38.3. The molecule has 0 aliphatic rings. The zero-order valence-electron chi connectivity index (χ0n) is 38.9. The van der Waals surface area contributed by atoms with Crippen LogP contribution in [-0.4, -0.2) is 59.1 Å². The maximum Gasteiger partial charge on any atom is 0.305 e. The summed E-state index contributed by atoms with van der Waals surface area (Å²) in [7, 11) is -2.08. The number of esters is 2. The van der Waals surface area contributed by atoms with Crippen LogP contribution >= 0.6 is 0 Å². The quantitative estimate of drug-likeness (QED) is 0.0200. The predicted molar refractivity (Wildman–Crippen MR) is 244 cm³/mol. The Bertz CT molecular complexity index is 955. The van der Waals surface area contributed by atoms with Crippen LogP contribution in [0.2, 0.25) is 18.1 Å². The normalized spacial score (nSPS) is 13.0. The lowest BCUT2D eigenvalue weighted by molar-refractivity contribution is -0.159. The zero-order chi connectivity index (χ0) is 42.3. The number of unbranched alkanes of at least 4 members (excludes halogenated alkanes) is 18. The van der Waals surface area contributed by atoms with Crippen molar-refractivity contribution in [2.45, 2.75) is 252 Å². The summed E-state index contributed by atoms with van der Waals surface area (Å²) in [6.45, 7) is 19.8. The molecule has 0 N–H and O–H groups in total. The van der Waals surface area contributed by atoms with Crippen molar-refractivity contribution in [3.63, 3.8) is 0 Å². The fourth-order valence-corrected chi connectivity index (χ4v) is 7.76. The first kappa shape index (κ1) is 55.5. The average Bonchev–Trinajstić information content (AvgIpc) is 3.16. The maximum absolute atomic E-state index is 12.9. The highest BCUT2D eigenvalue weighted by atomic mass is 28.4. The average molecular weight is 823 g/mol. The summed E-state index contributed by atoms with van der Waals surface area (Å²) in [5.41, 5.74) is 0. The van der Waals surface area contributed by atoms with E-state index in [1.807, 2.05) is 0 Å². The monoisotopic (exact) mass is 823 g/mol. The molecule has 0 fully saturated rings. The maximum atomic E-state index is 12.9. The Kier molecular flexibility index (Phi) is 37.7. The molecular formula is C49H94O7Si. The van der Waals surface area contributed by atoms with Gasteiger partial charge in [0.2, 0.25) is 0 Å². The van der Waals surface area contributed by atoms with Crippen molar-refractivity contribution in [2.75, 3.05) is 26.4 Å². The van der Waals surface area contributed by atoms with E-state index in [0.29, 0.717) is 45.5 Å². The topological polar surface area (TPSA) is 80.3 Å². The molecule has 0 aromatic rings. The lowest BCUT2D eigenvalue weighted by Gasteiger charge is -2.39. The van der Waals surface area contributed by atoms with Gasteiger partial charge in [0.15, 0.2) is 14.6 Å². The largest absolute Gasteiger partial charge is 0.466 e. The predicted octanol–water partition coefficient (Wildman–Crippen LogP) is 14.9. The summed E-state index contributed by atoms with van der Waals surface area (Å²) in [4.78, 5) is 25.4. The molecule has 0 saturated heterocycles. The third kappa shape index (κ3) is 36.1. The molecule has 0 aromatic carbocycles. The van der Waals surface area contributed by atoms with Crippen LogP contribution in [0.3, 0.4) is 0 Å². The SMILES string of the molecule is CCCCC/C=C\C/C=C\CCCCCCCC(=O)OCCC(CCOC(=O)CCC(OCCCCCCCC)OCCCCCCCC)O[Si](C)(C)C(C)(C)C. The third-order valence-corrected chi connectivity index (χ3v) is 15.7. The smallest absolute Gasteiger partial charge is 0.305 e. The van der Waals surface area contributed by atoms with E-state index in [-0.39, 0.29) is 42.4 Å². The highest BCUT2D eigenvalue weighted by Crippen LogP contribution is 2.38. The highest BCUT2D eigenvalue weighted by Gasteiger charge is 2.39. The Morgan fingerprint density at radius 2 is 0.930 bits per heavy atom. The fraction of sp³-hybridized carbons (Fsp3) is 0.878. The van der Waals surface area contributed by atoms with Crippen molar-refractivity contribution in [3.8, 4) is 0 Å². The number of hydrogen-bond donors (Lipinski definition) is 0. The van der Waals surface area contributed by atoms with Gasteiger partial charge < -0.3 is 23.4 Å². The Morgan fingerprint density at radius 1 is 0.509 bits per heavy atom. The van der Waals surface area contributed by atoms with Gasteiger partial charge in [0.1, 0.15) is 0 Å². The molecule has 1 unspecified atom stereocenters. The first-order chi connectivity index (χ1) is 27.5. The second-order valence-corrected chi connectivity index (χ2v) is 22.5. The second kappa shape index (κ2) is 38.7. The van der Waals surface area contributed by atoms with Crippen LogP contribution in [0.15, 0.2) is 24.3 Å². The molecule has 57 heavy (non-hydrogen) atoms. The van der Waals surface area contributed by atoms with E-state index in [9.17, 15) is 9.59 Å². The minimum absolute atomic E-state index is 0.0415. The summed E-state index contributed by atoms with van der Waals surface area (Å²) in [6, 6.07) is 0. The number of ether oxygens (including phenoxy) is 4. The Balaban J connectivity index is 4.62. The summed E-state index contributed by atoms with van der Waals surface area (Å²) in [5, 5.41) is 0.0415. The molecule has 0 aliphatic carbocycles. The molecule has 0 aliphatic heterocycles. The number of allylic oxidation sites excluding steroid dienone is 4. The molecule has 336 valence electrons. The van der Waals surface area contributed by atoms with Crippen LogP contribution in [0.4, 0.5) is 0 Å². The molecular weight excluding hydrogens is 729 g/mol. The number of carbonyl (C=O) groups excluding carboxylic acids is 2. The van der Waals surface area contributed by atoms with Crippen molar-refractivity contribution >= 4 is 20.3 Å². The van der Waals surface area contributed by atoms with Gasteiger partial charge >= 0.3 is 11.9 Å². The van der Waals surface area contributed by atoms with Gasteiger partial charge in [-0.3, -0.25) is 9.59 Å². The van der Waals surface area contributed by atoms with Gasteiger partial charge in [-0.15, -0.1) is 0 Å². The number of hydrogen-bond acceptors (Lipinski definition) is 7. The first-order valence-corrected chi connectivity index (χ1v) is 26.9. The molecule has 0 amide bonds. The van der Waals surface area contributed by atoms with E-state index in [1.165, 1.54) is 103 Å². The van der Waals surface area contributed by atoms with Crippen molar-refractivity contribution in [2.24, 2.45) is 0 Å². The van der Waals surface area contributed by atoms with Crippen molar-refractivity contribution in [1.29, 1.82) is 0 Å². The number of rotatable bonds is 41. The van der Waals surface area contributed by atoms with Gasteiger partial charge in [-0.2, -0.15) is 0 Å². The Hall–Kier alpha value is -1.48. The molecule has 0 radical (unpaired) electrons. The molecule has 0 bridgehead atoms. The van der Waals surface area contributed by atoms with E-state index >= 15 is 0 Å². The Labute approximate surface area is 354 Å². The van der Waals surface area contributed by atoms with Crippen LogP contribution in [-0.2, 0) is 33.0 Å². The van der Waals surface area contributed by atoms with Crippen LogP contribution in [0.1, 0.15) is 221 Å². The van der Waals surface area contributed by atoms with Gasteiger partial charge in [-0.25, -0.2) is 0 Å². The lowest BCUT2D eigenvalue weighted by Crippen LogP contribution is -2.44. The van der Waals surface area contributed by atoms with E-state index in [1.54, 1.807) is 0 Å². The van der Waals surface area contributed by atoms with E-state index in [2.05, 4.69) is 78.9 Å². The molecule has 8 heteroatoms. The second-order valence-electron chi connectivity index (χ2n) is 17.7. The van der Waals surface area contributed by atoms with E-state index in [4.69, 9.17) is 23.4 Å². The molecule has 1 atom stereocenters. The fourth-order valence-electron chi connectivity index (χ4n) is 6.33. The zero-order valence-corrected chi connectivity index (χ0v) is 39.9. The van der Waals surface area contributed by atoms with Gasteiger partial charge in [-0.05, 0) is 69.5 Å². The molecule has 0 heterocycles. The molecule has 0 rings (SSSR count). The van der Waals surface area contributed by atoms with Crippen molar-refractivity contribution in [3.05, 3.63) is 24.3 Å².